The molecule has 3 nitrogen and oxygen atoms in total. The molecule has 1 aliphatic rings. The normalized spacial score (nSPS) is 24.3. The Kier molecular flexibility index (Phi) is 4.16. The molecular weight excluding hydrogens is 236 g/mol. The molecule has 0 bridgehead atoms. The molecule has 3 heteroatoms. The first-order valence-electron chi connectivity index (χ1n) is 7.09. The third kappa shape index (κ3) is 3.10. The zero-order chi connectivity index (χ0) is 14.0. The SMILES string of the molecule is Cc1ccc(N2CC(CO)N(C)CCC2(C)C)cc1. The molecule has 0 aliphatic carbocycles. The summed E-state index contributed by atoms with van der Waals surface area (Å²) in [5.41, 5.74) is 2.66. The maximum atomic E-state index is 9.60. The van der Waals surface area contributed by atoms with Crippen LogP contribution < -0.4 is 4.90 Å². The van der Waals surface area contributed by atoms with Crippen LogP contribution in [0.15, 0.2) is 24.3 Å². The number of aliphatic hydroxyl groups excluding tert-OH is 1. The van der Waals surface area contributed by atoms with Gasteiger partial charge in [-0.2, -0.15) is 0 Å². The Morgan fingerprint density at radius 3 is 2.47 bits per heavy atom. The molecular formula is C16H26N2O. The minimum Gasteiger partial charge on any atom is -0.395 e. The standard InChI is InChI=1S/C16H26N2O/c1-13-5-7-14(8-6-13)18-11-15(12-19)17(4)10-9-16(18,2)3/h5-8,15,19H,9-12H2,1-4H3. The minimum atomic E-state index is 0.118. The lowest BCUT2D eigenvalue weighted by Crippen LogP contribution is -2.47. The van der Waals surface area contributed by atoms with Gasteiger partial charge in [-0.25, -0.2) is 0 Å². The highest BCUT2D eigenvalue weighted by Crippen LogP contribution is 2.30. The first-order valence-corrected chi connectivity index (χ1v) is 7.09. The minimum absolute atomic E-state index is 0.118. The van der Waals surface area contributed by atoms with Crippen molar-refractivity contribution in [3.05, 3.63) is 29.8 Å². The summed E-state index contributed by atoms with van der Waals surface area (Å²) < 4.78 is 0. The van der Waals surface area contributed by atoms with E-state index in [1.165, 1.54) is 11.3 Å². The molecule has 19 heavy (non-hydrogen) atoms. The Hall–Kier alpha value is -1.06. The Morgan fingerprint density at radius 2 is 1.89 bits per heavy atom. The predicted octanol–water partition coefficient (Wildman–Crippen LogP) is 2.28. The number of anilines is 1. The molecule has 1 saturated heterocycles. The molecule has 0 saturated carbocycles. The van der Waals surface area contributed by atoms with E-state index in [-0.39, 0.29) is 18.2 Å². The van der Waals surface area contributed by atoms with Crippen LogP contribution in [-0.4, -0.2) is 48.3 Å². The van der Waals surface area contributed by atoms with E-state index < -0.39 is 0 Å². The van der Waals surface area contributed by atoms with Gasteiger partial charge in [0.05, 0.1) is 6.61 Å². The van der Waals surface area contributed by atoms with Gasteiger partial charge in [-0.1, -0.05) is 17.7 Å². The fourth-order valence-electron chi connectivity index (χ4n) is 2.74. The summed E-state index contributed by atoms with van der Waals surface area (Å²) in [6.45, 7) is 8.82. The smallest absolute Gasteiger partial charge is 0.0604 e. The molecule has 1 fully saturated rings. The highest BCUT2D eigenvalue weighted by atomic mass is 16.3. The zero-order valence-corrected chi connectivity index (χ0v) is 12.6. The Labute approximate surface area is 116 Å². The van der Waals surface area contributed by atoms with Crippen molar-refractivity contribution < 1.29 is 5.11 Å². The third-order valence-electron chi connectivity index (χ3n) is 4.38. The van der Waals surface area contributed by atoms with Crippen molar-refractivity contribution in [2.24, 2.45) is 0 Å². The van der Waals surface area contributed by atoms with Crippen LogP contribution in [-0.2, 0) is 0 Å². The van der Waals surface area contributed by atoms with Crippen molar-refractivity contribution in [3.8, 4) is 0 Å². The zero-order valence-electron chi connectivity index (χ0n) is 12.6. The van der Waals surface area contributed by atoms with Crippen molar-refractivity contribution >= 4 is 5.69 Å². The number of rotatable bonds is 2. The number of hydrogen-bond donors (Lipinski definition) is 1. The molecule has 0 amide bonds. The van der Waals surface area contributed by atoms with E-state index in [0.29, 0.717) is 0 Å². The van der Waals surface area contributed by atoms with Crippen molar-refractivity contribution in [2.45, 2.75) is 38.8 Å². The monoisotopic (exact) mass is 262 g/mol. The number of benzene rings is 1. The molecule has 0 aromatic heterocycles. The van der Waals surface area contributed by atoms with Gasteiger partial charge in [-0.05, 0) is 46.4 Å². The second-order valence-corrected chi connectivity index (χ2v) is 6.33. The van der Waals surface area contributed by atoms with E-state index in [4.69, 9.17) is 0 Å². The summed E-state index contributed by atoms with van der Waals surface area (Å²) in [6.07, 6.45) is 1.11. The second kappa shape index (κ2) is 5.51. The lowest BCUT2D eigenvalue weighted by Gasteiger charge is -2.40. The maximum absolute atomic E-state index is 9.60. The van der Waals surface area contributed by atoms with Crippen LogP contribution in [0.2, 0.25) is 0 Å². The van der Waals surface area contributed by atoms with Crippen LogP contribution in [0.5, 0.6) is 0 Å². The predicted molar refractivity (Wildman–Crippen MR) is 80.7 cm³/mol. The fraction of sp³-hybridized carbons (Fsp3) is 0.625. The van der Waals surface area contributed by atoms with Gasteiger partial charge in [0.2, 0.25) is 0 Å². The molecule has 1 atom stereocenters. The number of aryl methyl sites for hydroxylation is 1. The molecule has 0 radical (unpaired) electrons. The number of aliphatic hydroxyl groups is 1. The lowest BCUT2D eigenvalue weighted by molar-refractivity contribution is 0.158. The van der Waals surface area contributed by atoms with Gasteiger partial charge >= 0.3 is 0 Å². The molecule has 1 N–H and O–H groups in total. The Balaban J connectivity index is 2.30. The van der Waals surface area contributed by atoms with Crippen molar-refractivity contribution in [3.63, 3.8) is 0 Å². The maximum Gasteiger partial charge on any atom is 0.0604 e. The van der Waals surface area contributed by atoms with Crippen molar-refractivity contribution in [2.75, 3.05) is 31.6 Å². The van der Waals surface area contributed by atoms with Gasteiger partial charge in [-0.15, -0.1) is 0 Å². The van der Waals surface area contributed by atoms with Gasteiger partial charge in [0.25, 0.3) is 0 Å². The quantitative estimate of drug-likeness (QED) is 0.886. The summed E-state index contributed by atoms with van der Waals surface area (Å²) >= 11 is 0. The summed E-state index contributed by atoms with van der Waals surface area (Å²) in [6, 6.07) is 8.92. The molecule has 106 valence electrons. The van der Waals surface area contributed by atoms with E-state index in [2.05, 4.69) is 61.9 Å². The number of hydrogen-bond acceptors (Lipinski definition) is 3. The van der Waals surface area contributed by atoms with E-state index in [1.807, 2.05) is 0 Å². The first-order chi connectivity index (χ1) is 8.94. The summed E-state index contributed by atoms with van der Waals surface area (Å²) in [5.74, 6) is 0. The number of likely N-dealkylation sites (N-methyl/N-ethyl adjacent to an activating group) is 1. The van der Waals surface area contributed by atoms with Crippen molar-refractivity contribution in [1.82, 2.24) is 4.90 Å². The van der Waals surface area contributed by atoms with Crippen molar-refractivity contribution in [1.29, 1.82) is 0 Å². The molecule has 2 rings (SSSR count). The van der Waals surface area contributed by atoms with Crippen LogP contribution in [0.3, 0.4) is 0 Å². The second-order valence-electron chi connectivity index (χ2n) is 6.33. The number of nitrogens with zero attached hydrogens (tertiary/aromatic N) is 2. The van der Waals surface area contributed by atoms with E-state index in [0.717, 1.165) is 19.5 Å². The lowest BCUT2D eigenvalue weighted by atomic mass is 9.97. The van der Waals surface area contributed by atoms with Gasteiger partial charge in [0.15, 0.2) is 0 Å². The third-order valence-corrected chi connectivity index (χ3v) is 4.38. The molecule has 1 aromatic rings. The van der Waals surface area contributed by atoms with Gasteiger partial charge in [-0.3, -0.25) is 4.90 Å². The van der Waals surface area contributed by atoms with E-state index in [1.54, 1.807) is 0 Å². The summed E-state index contributed by atoms with van der Waals surface area (Å²) in [4.78, 5) is 4.72. The highest BCUT2D eigenvalue weighted by Gasteiger charge is 2.33. The van der Waals surface area contributed by atoms with Crippen LogP contribution in [0.25, 0.3) is 0 Å². The topological polar surface area (TPSA) is 26.7 Å². The highest BCUT2D eigenvalue weighted by molar-refractivity contribution is 5.50. The summed E-state index contributed by atoms with van der Waals surface area (Å²) in [5, 5.41) is 9.60. The van der Waals surface area contributed by atoms with Crippen LogP contribution in [0.4, 0.5) is 5.69 Å². The van der Waals surface area contributed by atoms with Crippen LogP contribution in [0.1, 0.15) is 25.8 Å². The molecule has 0 spiro atoms. The molecule has 1 heterocycles. The van der Waals surface area contributed by atoms with E-state index >= 15 is 0 Å². The fourth-order valence-corrected chi connectivity index (χ4v) is 2.74. The van der Waals surface area contributed by atoms with Gasteiger partial charge in [0.1, 0.15) is 0 Å². The molecule has 1 unspecified atom stereocenters. The Morgan fingerprint density at radius 1 is 1.26 bits per heavy atom. The summed E-state index contributed by atoms with van der Waals surface area (Å²) in [7, 11) is 2.11. The first kappa shape index (κ1) is 14.4. The van der Waals surface area contributed by atoms with Gasteiger partial charge < -0.3 is 10.0 Å². The largest absolute Gasteiger partial charge is 0.395 e. The average molecular weight is 262 g/mol. The average Bonchev–Trinajstić information content (AvgIpc) is 2.49. The molecule has 1 aromatic carbocycles. The molecule has 1 aliphatic heterocycles. The van der Waals surface area contributed by atoms with Gasteiger partial charge in [0, 0.05) is 30.4 Å². The van der Waals surface area contributed by atoms with Crippen LogP contribution >= 0.6 is 0 Å². The van der Waals surface area contributed by atoms with E-state index in [9.17, 15) is 5.11 Å². The Bertz CT molecular complexity index is 413. The van der Waals surface area contributed by atoms with Crippen LogP contribution in [0, 0.1) is 6.92 Å².